The van der Waals surface area contributed by atoms with Crippen molar-refractivity contribution in [1.29, 1.82) is 0 Å². The van der Waals surface area contributed by atoms with Gasteiger partial charge in [0.1, 0.15) is 11.4 Å². The summed E-state index contributed by atoms with van der Waals surface area (Å²) in [5.41, 5.74) is 0.943. The van der Waals surface area contributed by atoms with Crippen molar-refractivity contribution in [2.24, 2.45) is 0 Å². The highest BCUT2D eigenvalue weighted by atomic mass is 79.9. The van der Waals surface area contributed by atoms with E-state index in [1.54, 1.807) is 0 Å². The van der Waals surface area contributed by atoms with Gasteiger partial charge in [0.15, 0.2) is 0 Å². The molecular weight excluding hydrogens is 332 g/mol. The van der Waals surface area contributed by atoms with Crippen molar-refractivity contribution < 1.29 is 14.6 Å². The minimum absolute atomic E-state index is 0.258. The Morgan fingerprint density at radius 1 is 1.24 bits per heavy atom. The van der Waals surface area contributed by atoms with Gasteiger partial charge in [0.2, 0.25) is 0 Å². The van der Waals surface area contributed by atoms with Crippen LogP contribution in [0, 0.1) is 0 Å². The standard InChI is InChI=1S/C17H21BrO3/c1-16(2)10-11-8-12(18)9-13(14(11)21-16)17(15(19)20)6-4-3-5-7-17/h8-9H,3-7,10H2,1-2H3,(H,19,20). The molecule has 21 heavy (non-hydrogen) atoms. The summed E-state index contributed by atoms with van der Waals surface area (Å²) in [4.78, 5) is 12.1. The van der Waals surface area contributed by atoms with Crippen LogP contribution in [0.3, 0.4) is 0 Å². The smallest absolute Gasteiger partial charge is 0.314 e. The molecular formula is C17H21BrO3. The second kappa shape index (κ2) is 5.01. The molecule has 3 rings (SSSR count). The second-order valence-corrected chi connectivity index (χ2v) is 7.84. The summed E-state index contributed by atoms with van der Waals surface area (Å²) in [5, 5.41) is 9.92. The minimum Gasteiger partial charge on any atom is -0.487 e. The lowest BCUT2D eigenvalue weighted by atomic mass is 9.69. The van der Waals surface area contributed by atoms with Gasteiger partial charge in [0.25, 0.3) is 0 Å². The Hall–Kier alpha value is -1.03. The highest BCUT2D eigenvalue weighted by Gasteiger charge is 2.46. The Bertz CT molecular complexity index is 586. The van der Waals surface area contributed by atoms with E-state index in [9.17, 15) is 9.90 Å². The Labute approximate surface area is 133 Å². The predicted molar refractivity (Wildman–Crippen MR) is 85.0 cm³/mol. The number of hydrogen-bond acceptors (Lipinski definition) is 2. The first kappa shape index (κ1) is 14.9. The van der Waals surface area contributed by atoms with Gasteiger partial charge in [0, 0.05) is 16.5 Å². The van der Waals surface area contributed by atoms with Crippen LogP contribution in [-0.4, -0.2) is 16.7 Å². The minimum atomic E-state index is -0.785. The molecule has 0 unspecified atom stereocenters. The number of carboxylic acid groups (broad SMARTS) is 1. The molecule has 4 heteroatoms. The molecule has 1 aliphatic heterocycles. The molecule has 0 bridgehead atoms. The second-order valence-electron chi connectivity index (χ2n) is 6.93. The number of rotatable bonds is 2. The summed E-state index contributed by atoms with van der Waals surface area (Å²) in [6, 6.07) is 4.02. The van der Waals surface area contributed by atoms with Gasteiger partial charge in [0.05, 0.1) is 5.41 Å². The van der Waals surface area contributed by atoms with Gasteiger partial charge in [-0.2, -0.15) is 0 Å². The molecule has 2 aliphatic rings. The fourth-order valence-electron chi connectivity index (χ4n) is 3.78. The molecule has 114 valence electrons. The van der Waals surface area contributed by atoms with Crippen LogP contribution in [0.2, 0.25) is 0 Å². The average molecular weight is 353 g/mol. The highest BCUT2D eigenvalue weighted by Crippen LogP contribution is 2.49. The van der Waals surface area contributed by atoms with E-state index in [2.05, 4.69) is 35.8 Å². The monoisotopic (exact) mass is 352 g/mol. The zero-order valence-electron chi connectivity index (χ0n) is 12.5. The van der Waals surface area contributed by atoms with E-state index in [1.165, 1.54) is 0 Å². The van der Waals surface area contributed by atoms with Crippen molar-refractivity contribution >= 4 is 21.9 Å². The lowest BCUT2D eigenvalue weighted by molar-refractivity contribution is -0.145. The average Bonchev–Trinajstić information content (AvgIpc) is 2.72. The summed E-state index contributed by atoms with van der Waals surface area (Å²) in [7, 11) is 0. The van der Waals surface area contributed by atoms with Crippen LogP contribution in [-0.2, 0) is 16.6 Å². The van der Waals surface area contributed by atoms with Gasteiger partial charge >= 0.3 is 5.97 Å². The fraction of sp³-hybridized carbons (Fsp3) is 0.588. The van der Waals surface area contributed by atoms with Gasteiger partial charge in [-0.05, 0) is 44.4 Å². The molecule has 1 saturated carbocycles. The van der Waals surface area contributed by atoms with Crippen molar-refractivity contribution in [3.8, 4) is 5.75 Å². The number of aliphatic carboxylic acids is 1. The van der Waals surface area contributed by atoms with E-state index in [4.69, 9.17) is 4.74 Å². The molecule has 0 spiro atoms. The molecule has 0 amide bonds. The topological polar surface area (TPSA) is 46.5 Å². The van der Waals surface area contributed by atoms with Gasteiger partial charge in [-0.25, -0.2) is 0 Å². The Morgan fingerprint density at radius 2 is 1.90 bits per heavy atom. The van der Waals surface area contributed by atoms with Crippen LogP contribution in [0.4, 0.5) is 0 Å². The molecule has 1 fully saturated rings. The first-order valence-electron chi connectivity index (χ1n) is 7.59. The van der Waals surface area contributed by atoms with Crippen LogP contribution in [0.25, 0.3) is 0 Å². The molecule has 0 radical (unpaired) electrons. The van der Waals surface area contributed by atoms with Gasteiger partial charge < -0.3 is 9.84 Å². The molecule has 3 nitrogen and oxygen atoms in total. The molecule has 1 N–H and O–H groups in total. The van der Waals surface area contributed by atoms with Crippen LogP contribution < -0.4 is 4.74 Å². The molecule has 1 aromatic carbocycles. The maximum Gasteiger partial charge on any atom is 0.314 e. The maximum absolute atomic E-state index is 12.1. The van der Waals surface area contributed by atoms with Gasteiger partial charge in [-0.1, -0.05) is 35.2 Å². The van der Waals surface area contributed by atoms with E-state index in [1.807, 2.05) is 6.07 Å². The Morgan fingerprint density at radius 3 is 2.52 bits per heavy atom. The number of hydrogen-bond donors (Lipinski definition) is 1. The van der Waals surface area contributed by atoms with Crippen molar-refractivity contribution in [3.05, 3.63) is 27.7 Å². The number of halogens is 1. The number of carbonyl (C=O) groups is 1. The number of fused-ring (bicyclic) bond motifs is 1. The largest absolute Gasteiger partial charge is 0.487 e. The third-order valence-electron chi connectivity index (χ3n) is 4.76. The Kier molecular flexibility index (Phi) is 3.55. The van der Waals surface area contributed by atoms with Crippen molar-refractivity contribution in [1.82, 2.24) is 0 Å². The molecule has 1 aliphatic carbocycles. The highest BCUT2D eigenvalue weighted by molar-refractivity contribution is 9.10. The molecule has 0 saturated heterocycles. The maximum atomic E-state index is 12.1. The van der Waals surface area contributed by atoms with Gasteiger partial charge in [-0.15, -0.1) is 0 Å². The third kappa shape index (κ3) is 2.48. The molecule has 0 atom stereocenters. The SMILES string of the molecule is CC1(C)Cc2cc(Br)cc(C3(C(=O)O)CCCCC3)c2O1. The summed E-state index contributed by atoms with van der Waals surface area (Å²) in [5.74, 6) is 0.100. The number of ether oxygens (including phenoxy) is 1. The van der Waals surface area contributed by atoms with Crippen molar-refractivity contribution in [3.63, 3.8) is 0 Å². The van der Waals surface area contributed by atoms with E-state index >= 15 is 0 Å². The van der Waals surface area contributed by atoms with Crippen LogP contribution in [0.1, 0.15) is 57.1 Å². The van der Waals surface area contributed by atoms with Crippen LogP contribution in [0.5, 0.6) is 5.75 Å². The normalized spacial score (nSPS) is 22.4. The lowest BCUT2D eigenvalue weighted by Gasteiger charge is -2.35. The van der Waals surface area contributed by atoms with E-state index in [0.717, 1.165) is 47.0 Å². The Balaban J connectivity index is 2.16. The van der Waals surface area contributed by atoms with Crippen molar-refractivity contribution in [2.45, 2.75) is 63.4 Å². The van der Waals surface area contributed by atoms with Crippen LogP contribution in [0.15, 0.2) is 16.6 Å². The fourth-order valence-corrected chi connectivity index (χ4v) is 4.29. The zero-order chi connectivity index (χ0) is 15.3. The first-order chi connectivity index (χ1) is 9.84. The third-order valence-corrected chi connectivity index (χ3v) is 5.22. The molecule has 1 heterocycles. The summed E-state index contributed by atoms with van der Waals surface area (Å²) < 4.78 is 7.07. The van der Waals surface area contributed by atoms with Gasteiger partial charge in [-0.3, -0.25) is 4.79 Å². The molecule has 0 aromatic heterocycles. The summed E-state index contributed by atoms with van der Waals surface area (Å²) in [6.07, 6.45) is 5.29. The summed E-state index contributed by atoms with van der Waals surface area (Å²) >= 11 is 3.54. The zero-order valence-corrected chi connectivity index (χ0v) is 14.1. The quantitative estimate of drug-likeness (QED) is 0.855. The molecule has 1 aromatic rings. The van der Waals surface area contributed by atoms with E-state index in [0.29, 0.717) is 12.8 Å². The predicted octanol–water partition coefficient (Wildman–Crippen LogP) is 4.45. The first-order valence-corrected chi connectivity index (χ1v) is 8.39. The van der Waals surface area contributed by atoms with E-state index < -0.39 is 11.4 Å². The number of benzene rings is 1. The van der Waals surface area contributed by atoms with Crippen molar-refractivity contribution in [2.75, 3.05) is 0 Å². The lowest BCUT2D eigenvalue weighted by Crippen LogP contribution is -2.38. The van der Waals surface area contributed by atoms with E-state index in [-0.39, 0.29) is 5.60 Å². The summed E-state index contributed by atoms with van der Waals surface area (Å²) in [6.45, 7) is 4.11. The number of carboxylic acids is 1. The van der Waals surface area contributed by atoms with Crippen LogP contribution >= 0.6 is 15.9 Å².